The average Bonchev–Trinajstić information content (AvgIpc) is 2.71. The molecule has 0 aliphatic rings. The smallest absolute Gasteiger partial charge is 0.417 e. The second-order valence-electron chi connectivity index (χ2n) is 6.49. The molecule has 0 saturated carbocycles. The summed E-state index contributed by atoms with van der Waals surface area (Å²) in [7, 11) is 0. The summed E-state index contributed by atoms with van der Waals surface area (Å²) < 4.78 is 55.4. The maximum absolute atomic E-state index is 13.3. The van der Waals surface area contributed by atoms with Crippen molar-refractivity contribution in [2.75, 3.05) is 26.4 Å². The van der Waals surface area contributed by atoms with E-state index in [9.17, 15) is 22.8 Å². The Morgan fingerprint density at radius 2 is 1.68 bits per heavy atom. The third kappa shape index (κ3) is 7.93. The third-order valence-corrected chi connectivity index (χ3v) is 4.13. The van der Waals surface area contributed by atoms with Crippen LogP contribution in [0.3, 0.4) is 0 Å². The van der Waals surface area contributed by atoms with E-state index in [1.54, 1.807) is 12.1 Å². The topological polar surface area (TPSA) is 73.9 Å². The second kappa shape index (κ2) is 11.4. The molecule has 0 atom stereocenters. The summed E-state index contributed by atoms with van der Waals surface area (Å²) in [6.45, 7) is 4.66. The van der Waals surface area contributed by atoms with Crippen molar-refractivity contribution >= 4 is 11.9 Å². The fourth-order valence-electron chi connectivity index (χ4n) is 2.72. The maximum atomic E-state index is 13.3. The molecule has 0 aliphatic carbocycles. The molecule has 2 aromatic carbocycles. The van der Waals surface area contributed by atoms with Crippen molar-refractivity contribution in [1.29, 1.82) is 0 Å². The summed E-state index contributed by atoms with van der Waals surface area (Å²) in [4.78, 5) is 23.3. The van der Waals surface area contributed by atoms with Gasteiger partial charge in [-0.25, -0.2) is 0 Å². The molecule has 0 fully saturated rings. The molecular formula is C22H24F3NO5. The molecule has 0 radical (unpaired) electrons. The fourth-order valence-corrected chi connectivity index (χ4v) is 2.72. The van der Waals surface area contributed by atoms with Crippen LogP contribution < -0.4 is 14.8 Å². The Morgan fingerprint density at radius 1 is 1.00 bits per heavy atom. The highest BCUT2D eigenvalue weighted by Crippen LogP contribution is 2.34. The molecule has 0 heterocycles. The first-order valence-corrected chi connectivity index (χ1v) is 9.68. The summed E-state index contributed by atoms with van der Waals surface area (Å²) in [6, 6.07) is 9.97. The number of rotatable bonds is 10. The fraction of sp³-hybridized carbons (Fsp3) is 0.364. The van der Waals surface area contributed by atoms with Gasteiger partial charge in [0.05, 0.1) is 17.7 Å². The number of ether oxygens (including phenoxy) is 3. The van der Waals surface area contributed by atoms with Gasteiger partial charge in [0.1, 0.15) is 18.1 Å². The van der Waals surface area contributed by atoms with Gasteiger partial charge in [0.15, 0.2) is 0 Å². The van der Waals surface area contributed by atoms with Crippen LogP contribution in [0.15, 0.2) is 42.5 Å². The number of benzene rings is 2. The number of carbonyl (C=O) groups excluding carboxylic acids is 2. The minimum Gasteiger partial charge on any atom is -0.491 e. The lowest BCUT2D eigenvalue weighted by Gasteiger charge is -2.14. The van der Waals surface area contributed by atoms with Crippen LogP contribution in [0.4, 0.5) is 13.2 Å². The lowest BCUT2D eigenvalue weighted by atomic mass is 10.1. The predicted molar refractivity (Wildman–Crippen MR) is 107 cm³/mol. The Hall–Kier alpha value is -3.07. The molecule has 0 spiro atoms. The Kier molecular flexibility index (Phi) is 8.87. The van der Waals surface area contributed by atoms with Gasteiger partial charge in [0, 0.05) is 20.1 Å². The summed E-state index contributed by atoms with van der Waals surface area (Å²) in [5.74, 6) is -1.22. The number of alkyl halides is 3. The van der Waals surface area contributed by atoms with E-state index >= 15 is 0 Å². The van der Waals surface area contributed by atoms with Gasteiger partial charge >= 0.3 is 12.1 Å². The lowest BCUT2D eigenvalue weighted by molar-refractivity contribution is -0.139. The number of hydrogen-bond acceptors (Lipinski definition) is 5. The Labute approximate surface area is 178 Å². The molecule has 31 heavy (non-hydrogen) atoms. The summed E-state index contributed by atoms with van der Waals surface area (Å²) in [5.41, 5.74) is -0.822. The first kappa shape index (κ1) is 24.2. The Morgan fingerprint density at radius 3 is 2.29 bits per heavy atom. The molecule has 0 aromatic heterocycles. The van der Waals surface area contributed by atoms with Gasteiger partial charge in [-0.05, 0) is 49.2 Å². The first-order chi connectivity index (χ1) is 14.7. The molecule has 168 valence electrons. The number of nitrogens with one attached hydrogen (secondary N) is 1. The van der Waals surface area contributed by atoms with Gasteiger partial charge in [0.2, 0.25) is 0 Å². The largest absolute Gasteiger partial charge is 0.491 e. The molecule has 9 heteroatoms. The molecule has 6 nitrogen and oxygen atoms in total. The third-order valence-electron chi connectivity index (χ3n) is 4.13. The van der Waals surface area contributed by atoms with Crippen molar-refractivity contribution < 1.29 is 37.0 Å². The lowest BCUT2D eigenvalue weighted by Crippen LogP contribution is -2.28. The van der Waals surface area contributed by atoms with Crippen LogP contribution in [-0.4, -0.2) is 38.2 Å². The predicted octanol–water partition coefficient (Wildman–Crippen LogP) is 4.02. The summed E-state index contributed by atoms with van der Waals surface area (Å²) >= 11 is 0. The van der Waals surface area contributed by atoms with E-state index in [0.29, 0.717) is 38.1 Å². The van der Waals surface area contributed by atoms with Crippen LogP contribution in [0.1, 0.15) is 35.3 Å². The van der Waals surface area contributed by atoms with Crippen LogP contribution in [0.25, 0.3) is 0 Å². The number of halogens is 3. The van der Waals surface area contributed by atoms with Gasteiger partial charge in [-0.15, -0.1) is 0 Å². The minimum absolute atomic E-state index is 0.145. The molecule has 0 unspecified atom stereocenters. The first-order valence-electron chi connectivity index (χ1n) is 9.68. The van der Waals surface area contributed by atoms with Gasteiger partial charge in [-0.2, -0.15) is 13.2 Å². The zero-order valence-electron chi connectivity index (χ0n) is 17.3. The van der Waals surface area contributed by atoms with Crippen molar-refractivity contribution in [3.05, 3.63) is 59.2 Å². The monoisotopic (exact) mass is 439 g/mol. The van der Waals surface area contributed by atoms with Crippen molar-refractivity contribution in [3.63, 3.8) is 0 Å². The SMILES string of the molecule is CCOCCOc1ccc(CCNC(=O)c2ccc(OC(C)=O)cc2C(F)(F)F)cc1. The van der Waals surface area contributed by atoms with Crippen LogP contribution in [0, 0.1) is 0 Å². The van der Waals surface area contributed by atoms with Crippen LogP contribution >= 0.6 is 0 Å². The van der Waals surface area contributed by atoms with Crippen molar-refractivity contribution in [2.24, 2.45) is 0 Å². The van der Waals surface area contributed by atoms with E-state index in [1.165, 1.54) is 0 Å². The Bertz CT molecular complexity index is 882. The number of amides is 1. The van der Waals surface area contributed by atoms with Crippen molar-refractivity contribution in [3.8, 4) is 11.5 Å². The molecule has 1 N–H and O–H groups in total. The van der Waals surface area contributed by atoms with Crippen LogP contribution in [0.5, 0.6) is 11.5 Å². The zero-order chi connectivity index (χ0) is 22.9. The summed E-state index contributed by atoms with van der Waals surface area (Å²) in [5, 5.41) is 2.49. The quantitative estimate of drug-likeness (QED) is 0.344. The number of carbonyl (C=O) groups is 2. The maximum Gasteiger partial charge on any atom is 0.417 e. The van der Waals surface area contributed by atoms with Gasteiger partial charge < -0.3 is 19.5 Å². The number of hydrogen-bond donors (Lipinski definition) is 1. The normalized spacial score (nSPS) is 11.1. The molecule has 0 aliphatic heterocycles. The van der Waals surface area contributed by atoms with Crippen molar-refractivity contribution in [1.82, 2.24) is 5.32 Å². The van der Waals surface area contributed by atoms with Crippen molar-refractivity contribution in [2.45, 2.75) is 26.4 Å². The molecule has 1 amide bonds. The second-order valence-corrected chi connectivity index (χ2v) is 6.49. The molecule has 2 rings (SSSR count). The average molecular weight is 439 g/mol. The van der Waals surface area contributed by atoms with Gasteiger partial charge in [0.25, 0.3) is 5.91 Å². The van der Waals surface area contributed by atoms with Gasteiger partial charge in [-0.1, -0.05) is 12.1 Å². The van der Waals surface area contributed by atoms with Crippen LogP contribution in [0.2, 0.25) is 0 Å². The minimum atomic E-state index is -4.78. The highest BCUT2D eigenvalue weighted by atomic mass is 19.4. The van der Waals surface area contributed by atoms with Gasteiger partial charge in [-0.3, -0.25) is 9.59 Å². The van der Waals surface area contributed by atoms with E-state index in [-0.39, 0.29) is 12.3 Å². The van der Waals surface area contributed by atoms with E-state index in [2.05, 4.69) is 10.1 Å². The van der Waals surface area contributed by atoms with E-state index in [4.69, 9.17) is 9.47 Å². The molecule has 2 aromatic rings. The molecule has 0 bridgehead atoms. The molecular weight excluding hydrogens is 415 g/mol. The highest BCUT2D eigenvalue weighted by molar-refractivity contribution is 5.96. The zero-order valence-corrected chi connectivity index (χ0v) is 17.3. The van der Waals surface area contributed by atoms with E-state index in [1.807, 2.05) is 19.1 Å². The molecule has 0 saturated heterocycles. The summed E-state index contributed by atoms with van der Waals surface area (Å²) in [6.07, 6.45) is -4.35. The Balaban J connectivity index is 1.94. The highest BCUT2D eigenvalue weighted by Gasteiger charge is 2.35. The standard InChI is InChI=1S/C22H24F3NO5/c1-3-29-12-13-30-17-6-4-16(5-7-17)10-11-26-21(28)19-9-8-18(31-15(2)27)14-20(19)22(23,24)25/h4-9,14H,3,10-13H2,1-2H3,(H,26,28). The van der Waals surface area contributed by atoms with E-state index < -0.39 is 29.2 Å². The van der Waals surface area contributed by atoms with E-state index in [0.717, 1.165) is 24.6 Å². The number of esters is 1. The van der Waals surface area contributed by atoms with Crippen LogP contribution in [-0.2, 0) is 22.1 Å².